The van der Waals surface area contributed by atoms with Crippen LogP contribution in [0.1, 0.15) is 23.0 Å². The molecular formula is C15H16ClNO2. The first-order chi connectivity index (χ1) is 9.08. The lowest BCUT2D eigenvalue weighted by Gasteiger charge is -2.09. The minimum Gasteiger partial charge on any atom is -0.492 e. The number of aromatic nitrogens is 1. The summed E-state index contributed by atoms with van der Waals surface area (Å²) in [4.78, 5) is 11.3. The monoisotopic (exact) mass is 277 g/mol. The fourth-order valence-corrected chi connectivity index (χ4v) is 2.08. The van der Waals surface area contributed by atoms with E-state index in [1.54, 1.807) is 19.1 Å². The molecule has 0 saturated heterocycles. The van der Waals surface area contributed by atoms with Crippen LogP contribution >= 0.6 is 11.6 Å². The Morgan fingerprint density at radius 3 is 2.53 bits per heavy atom. The summed E-state index contributed by atoms with van der Waals surface area (Å²) in [6.45, 7) is 4.78. The predicted molar refractivity (Wildman–Crippen MR) is 76.1 cm³/mol. The average Bonchev–Trinajstić information content (AvgIpc) is 2.74. The highest BCUT2D eigenvalue weighted by Crippen LogP contribution is 2.16. The van der Waals surface area contributed by atoms with Crippen LogP contribution in [-0.4, -0.2) is 17.0 Å². The zero-order chi connectivity index (χ0) is 13.8. The SMILES string of the molecule is CC(=O)c1ccn(CCOc2ccc(Cl)cc2)c1C. The number of hydrogen-bond acceptors (Lipinski definition) is 2. The van der Waals surface area contributed by atoms with Crippen molar-refractivity contribution in [2.45, 2.75) is 20.4 Å². The van der Waals surface area contributed by atoms with Crippen molar-refractivity contribution in [2.24, 2.45) is 0 Å². The first kappa shape index (κ1) is 13.7. The van der Waals surface area contributed by atoms with Gasteiger partial charge in [0.1, 0.15) is 12.4 Å². The molecule has 1 aromatic carbocycles. The van der Waals surface area contributed by atoms with Crippen LogP contribution in [0.3, 0.4) is 0 Å². The van der Waals surface area contributed by atoms with E-state index < -0.39 is 0 Å². The second-order valence-corrected chi connectivity index (χ2v) is 4.80. The molecule has 0 aliphatic heterocycles. The van der Waals surface area contributed by atoms with Crippen LogP contribution in [0.15, 0.2) is 36.5 Å². The Morgan fingerprint density at radius 2 is 1.95 bits per heavy atom. The molecule has 4 heteroatoms. The Kier molecular flexibility index (Phi) is 4.27. The van der Waals surface area contributed by atoms with Crippen LogP contribution in [0.4, 0.5) is 0 Å². The molecule has 0 amide bonds. The van der Waals surface area contributed by atoms with Crippen LogP contribution in [0, 0.1) is 6.92 Å². The van der Waals surface area contributed by atoms with Gasteiger partial charge < -0.3 is 9.30 Å². The first-order valence-electron chi connectivity index (χ1n) is 6.13. The molecule has 0 radical (unpaired) electrons. The average molecular weight is 278 g/mol. The number of ether oxygens (including phenoxy) is 1. The number of Topliss-reactive ketones (excluding diaryl/α,β-unsaturated/α-hetero) is 1. The lowest BCUT2D eigenvalue weighted by Crippen LogP contribution is -2.09. The molecule has 0 bridgehead atoms. The van der Waals surface area contributed by atoms with Crippen molar-refractivity contribution in [3.63, 3.8) is 0 Å². The van der Waals surface area contributed by atoms with Gasteiger partial charge in [-0.3, -0.25) is 4.79 Å². The molecule has 0 fully saturated rings. The third-order valence-electron chi connectivity index (χ3n) is 3.04. The molecule has 2 aromatic rings. The van der Waals surface area contributed by atoms with Gasteiger partial charge in [0.2, 0.25) is 0 Å². The standard InChI is InChI=1S/C15H16ClNO2/c1-11-15(12(2)18)7-8-17(11)9-10-19-14-5-3-13(16)4-6-14/h3-8H,9-10H2,1-2H3. The van der Waals surface area contributed by atoms with E-state index in [0.29, 0.717) is 18.2 Å². The number of carbonyl (C=O) groups excluding carboxylic acids is 1. The smallest absolute Gasteiger partial charge is 0.161 e. The summed E-state index contributed by atoms with van der Waals surface area (Å²) >= 11 is 5.80. The molecule has 3 nitrogen and oxygen atoms in total. The van der Waals surface area contributed by atoms with E-state index in [1.807, 2.05) is 35.9 Å². The minimum absolute atomic E-state index is 0.0925. The van der Waals surface area contributed by atoms with Crippen molar-refractivity contribution in [1.82, 2.24) is 4.57 Å². The molecule has 0 aliphatic carbocycles. The molecule has 100 valence electrons. The first-order valence-corrected chi connectivity index (χ1v) is 6.51. The van der Waals surface area contributed by atoms with Crippen LogP contribution in [0.5, 0.6) is 5.75 Å². The largest absolute Gasteiger partial charge is 0.492 e. The van der Waals surface area contributed by atoms with Crippen molar-refractivity contribution in [3.8, 4) is 5.75 Å². The summed E-state index contributed by atoms with van der Waals surface area (Å²) in [5, 5.41) is 0.694. The van der Waals surface area contributed by atoms with Crippen molar-refractivity contribution < 1.29 is 9.53 Å². The molecule has 0 unspecified atom stereocenters. The molecule has 2 rings (SSSR count). The highest BCUT2D eigenvalue weighted by atomic mass is 35.5. The van der Waals surface area contributed by atoms with Gasteiger partial charge in [0, 0.05) is 22.5 Å². The summed E-state index contributed by atoms with van der Waals surface area (Å²) in [5.41, 5.74) is 1.75. The number of carbonyl (C=O) groups is 1. The highest BCUT2D eigenvalue weighted by molar-refractivity contribution is 6.30. The van der Waals surface area contributed by atoms with Crippen molar-refractivity contribution >= 4 is 17.4 Å². The summed E-state index contributed by atoms with van der Waals surface area (Å²) in [6.07, 6.45) is 1.91. The fraction of sp³-hybridized carbons (Fsp3) is 0.267. The molecule has 0 spiro atoms. The molecule has 0 aliphatic rings. The molecule has 19 heavy (non-hydrogen) atoms. The zero-order valence-corrected chi connectivity index (χ0v) is 11.8. The van der Waals surface area contributed by atoms with Gasteiger partial charge in [-0.1, -0.05) is 11.6 Å². The van der Waals surface area contributed by atoms with Gasteiger partial charge in [0.05, 0.1) is 6.54 Å². The maximum Gasteiger partial charge on any atom is 0.161 e. The molecule has 1 aromatic heterocycles. The van der Waals surface area contributed by atoms with E-state index in [1.165, 1.54) is 0 Å². The lowest BCUT2D eigenvalue weighted by molar-refractivity contribution is 0.101. The number of hydrogen-bond donors (Lipinski definition) is 0. The number of benzene rings is 1. The number of halogens is 1. The normalized spacial score (nSPS) is 10.5. The van der Waals surface area contributed by atoms with Crippen LogP contribution in [0.2, 0.25) is 5.02 Å². The van der Waals surface area contributed by atoms with Gasteiger partial charge in [-0.25, -0.2) is 0 Å². The van der Waals surface area contributed by atoms with Crippen molar-refractivity contribution in [2.75, 3.05) is 6.61 Å². The van der Waals surface area contributed by atoms with Gasteiger partial charge in [-0.15, -0.1) is 0 Å². The molecule has 0 N–H and O–H groups in total. The zero-order valence-electron chi connectivity index (χ0n) is 11.0. The predicted octanol–water partition coefficient (Wildman–Crippen LogP) is 3.73. The number of rotatable bonds is 5. The summed E-state index contributed by atoms with van der Waals surface area (Å²) in [5.74, 6) is 0.885. The Balaban J connectivity index is 1.92. The van der Waals surface area contributed by atoms with Gasteiger partial charge in [-0.2, -0.15) is 0 Å². The highest BCUT2D eigenvalue weighted by Gasteiger charge is 2.08. The summed E-state index contributed by atoms with van der Waals surface area (Å²) in [6, 6.07) is 9.12. The second-order valence-electron chi connectivity index (χ2n) is 4.37. The van der Waals surface area contributed by atoms with E-state index >= 15 is 0 Å². The van der Waals surface area contributed by atoms with E-state index in [9.17, 15) is 4.79 Å². The maximum atomic E-state index is 11.3. The molecule has 1 heterocycles. The van der Waals surface area contributed by atoms with E-state index in [-0.39, 0.29) is 5.78 Å². The third kappa shape index (κ3) is 3.38. The molecule has 0 saturated carbocycles. The topological polar surface area (TPSA) is 31.2 Å². The van der Waals surface area contributed by atoms with Crippen molar-refractivity contribution in [1.29, 1.82) is 0 Å². The Morgan fingerprint density at radius 1 is 1.26 bits per heavy atom. The quantitative estimate of drug-likeness (QED) is 0.780. The van der Waals surface area contributed by atoms with E-state index in [2.05, 4.69) is 0 Å². The van der Waals surface area contributed by atoms with E-state index in [4.69, 9.17) is 16.3 Å². The summed E-state index contributed by atoms with van der Waals surface area (Å²) in [7, 11) is 0. The number of ketones is 1. The minimum atomic E-state index is 0.0925. The number of nitrogens with zero attached hydrogens (tertiary/aromatic N) is 1. The lowest BCUT2D eigenvalue weighted by atomic mass is 10.2. The molecule has 0 atom stereocenters. The Bertz CT molecular complexity index is 572. The van der Waals surface area contributed by atoms with Gasteiger partial charge in [0.25, 0.3) is 0 Å². The van der Waals surface area contributed by atoms with Crippen LogP contribution in [-0.2, 0) is 6.54 Å². The Hall–Kier alpha value is -1.74. The fourth-order valence-electron chi connectivity index (χ4n) is 1.96. The van der Waals surface area contributed by atoms with Gasteiger partial charge in [0.15, 0.2) is 5.78 Å². The summed E-state index contributed by atoms with van der Waals surface area (Å²) < 4.78 is 7.65. The van der Waals surface area contributed by atoms with Crippen molar-refractivity contribution in [3.05, 3.63) is 52.8 Å². The Labute approximate surface area is 117 Å². The van der Waals surface area contributed by atoms with Gasteiger partial charge >= 0.3 is 0 Å². The van der Waals surface area contributed by atoms with Crippen LogP contribution in [0.25, 0.3) is 0 Å². The van der Waals surface area contributed by atoms with E-state index in [0.717, 1.165) is 17.0 Å². The van der Waals surface area contributed by atoms with Crippen LogP contribution < -0.4 is 4.74 Å². The maximum absolute atomic E-state index is 11.3. The third-order valence-corrected chi connectivity index (χ3v) is 3.29. The molecular weight excluding hydrogens is 262 g/mol. The van der Waals surface area contributed by atoms with Gasteiger partial charge in [-0.05, 0) is 44.2 Å². The second kappa shape index (κ2) is 5.93.